The molecular formula is C13H14N4O2. The monoisotopic (exact) mass is 258 g/mol. The minimum absolute atomic E-state index is 0.468. The SMILES string of the molecule is O=C(O)C1Cc2c(ncn2Cc2ccncc2)CN1. The molecule has 0 fully saturated rings. The van der Waals surface area contributed by atoms with Crippen LogP contribution in [0.1, 0.15) is 17.0 Å². The Bertz CT molecular complexity index is 594. The molecule has 1 atom stereocenters. The molecule has 3 rings (SSSR count). The molecule has 6 heteroatoms. The molecule has 1 unspecified atom stereocenters. The molecule has 1 aliphatic heterocycles. The first kappa shape index (κ1) is 11.9. The number of imidazole rings is 1. The zero-order chi connectivity index (χ0) is 13.2. The highest BCUT2D eigenvalue weighted by atomic mass is 16.4. The lowest BCUT2D eigenvalue weighted by molar-refractivity contribution is -0.139. The van der Waals surface area contributed by atoms with Gasteiger partial charge in [-0.05, 0) is 17.7 Å². The Morgan fingerprint density at radius 3 is 3.00 bits per heavy atom. The van der Waals surface area contributed by atoms with E-state index in [1.807, 2.05) is 16.7 Å². The predicted molar refractivity (Wildman–Crippen MR) is 67.5 cm³/mol. The van der Waals surface area contributed by atoms with Gasteiger partial charge in [-0.15, -0.1) is 0 Å². The van der Waals surface area contributed by atoms with Crippen molar-refractivity contribution in [2.24, 2.45) is 0 Å². The van der Waals surface area contributed by atoms with E-state index in [4.69, 9.17) is 5.11 Å². The number of fused-ring (bicyclic) bond motifs is 1. The number of pyridine rings is 1. The molecule has 0 radical (unpaired) electrons. The topological polar surface area (TPSA) is 80.0 Å². The number of carboxylic acid groups (broad SMARTS) is 1. The van der Waals surface area contributed by atoms with E-state index in [1.54, 1.807) is 18.7 Å². The van der Waals surface area contributed by atoms with E-state index in [-0.39, 0.29) is 0 Å². The van der Waals surface area contributed by atoms with Crippen molar-refractivity contribution < 1.29 is 9.90 Å². The van der Waals surface area contributed by atoms with Crippen molar-refractivity contribution in [2.75, 3.05) is 0 Å². The Morgan fingerprint density at radius 1 is 1.47 bits per heavy atom. The molecule has 0 amide bonds. The summed E-state index contributed by atoms with van der Waals surface area (Å²) in [5.41, 5.74) is 3.06. The molecule has 2 aromatic heterocycles. The van der Waals surface area contributed by atoms with Crippen molar-refractivity contribution in [2.45, 2.75) is 25.6 Å². The van der Waals surface area contributed by atoms with Crippen LogP contribution in [-0.2, 0) is 24.3 Å². The largest absolute Gasteiger partial charge is 0.480 e. The van der Waals surface area contributed by atoms with Gasteiger partial charge in [0, 0.05) is 37.6 Å². The van der Waals surface area contributed by atoms with Crippen LogP contribution in [0.2, 0.25) is 0 Å². The summed E-state index contributed by atoms with van der Waals surface area (Å²) in [5, 5.41) is 12.0. The summed E-state index contributed by atoms with van der Waals surface area (Å²) in [4.78, 5) is 19.4. The smallest absolute Gasteiger partial charge is 0.321 e. The number of nitrogens with one attached hydrogen (secondary N) is 1. The maximum Gasteiger partial charge on any atom is 0.321 e. The quantitative estimate of drug-likeness (QED) is 0.834. The van der Waals surface area contributed by atoms with Crippen LogP contribution in [-0.4, -0.2) is 31.7 Å². The van der Waals surface area contributed by atoms with Crippen molar-refractivity contribution in [1.29, 1.82) is 0 Å². The summed E-state index contributed by atoms with van der Waals surface area (Å²) in [6.07, 6.45) is 5.74. The first-order chi connectivity index (χ1) is 9.24. The molecule has 1 aliphatic rings. The van der Waals surface area contributed by atoms with Crippen LogP contribution in [0.25, 0.3) is 0 Å². The fraction of sp³-hybridized carbons (Fsp3) is 0.308. The van der Waals surface area contributed by atoms with Gasteiger partial charge in [0.2, 0.25) is 0 Å². The highest BCUT2D eigenvalue weighted by Crippen LogP contribution is 2.17. The van der Waals surface area contributed by atoms with E-state index >= 15 is 0 Å². The Balaban J connectivity index is 1.85. The fourth-order valence-electron chi connectivity index (χ4n) is 2.31. The third kappa shape index (κ3) is 2.34. The third-order valence-electron chi connectivity index (χ3n) is 3.35. The summed E-state index contributed by atoms with van der Waals surface area (Å²) < 4.78 is 2.02. The van der Waals surface area contributed by atoms with Gasteiger partial charge in [0.25, 0.3) is 0 Å². The molecule has 3 heterocycles. The van der Waals surface area contributed by atoms with E-state index in [2.05, 4.69) is 15.3 Å². The Hall–Kier alpha value is -2.21. The van der Waals surface area contributed by atoms with Crippen molar-refractivity contribution in [3.05, 3.63) is 47.8 Å². The summed E-state index contributed by atoms with van der Waals surface area (Å²) in [7, 11) is 0. The zero-order valence-electron chi connectivity index (χ0n) is 10.3. The minimum Gasteiger partial charge on any atom is -0.480 e. The highest BCUT2D eigenvalue weighted by molar-refractivity contribution is 5.74. The molecule has 19 heavy (non-hydrogen) atoms. The molecule has 2 aromatic rings. The first-order valence-corrected chi connectivity index (χ1v) is 6.12. The van der Waals surface area contributed by atoms with E-state index in [0.717, 1.165) is 17.0 Å². The lowest BCUT2D eigenvalue weighted by atomic mass is 10.1. The second kappa shape index (κ2) is 4.81. The Kier molecular flexibility index (Phi) is 3.00. The van der Waals surface area contributed by atoms with Gasteiger partial charge in [-0.1, -0.05) is 0 Å². The van der Waals surface area contributed by atoms with Gasteiger partial charge in [-0.3, -0.25) is 15.1 Å². The number of nitrogens with zero attached hydrogens (tertiary/aromatic N) is 3. The number of aromatic nitrogens is 3. The van der Waals surface area contributed by atoms with E-state index in [9.17, 15) is 4.79 Å². The maximum absolute atomic E-state index is 11.1. The summed E-state index contributed by atoms with van der Waals surface area (Å²) in [6.45, 7) is 1.20. The fourth-order valence-corrected chi connectivity index (χ4v) is 2.31. The first-order valence-electron chi connectivity index (χ1n) is 6.12. The number of hydrogen-bond donors (Lipinski definition) is 2. The van der Waals surface area contributed by atoms with Crippen LogP contribution in [0.15, 0.2) is 30.9 Å². The van der Waals surface area contributed by atoms with E-state index in [1.165, 1.54) is 0 Å². The second-order valence-corrected chi connectivity index (χ2v) is 4.60. The van der Waals surface area contributed by atoms with Gasteiger partial charge in [-0.25, -0.2) is 4.98 Å². The molecule has 0 bridgehead atoms. The van der Waals surface area contributed by atoms with Crippen molar-refractivity contribution >= 4 is 5.97 Å². The number of carbonyl (C=O) groups is 1. The van der Waals surface area contributed by atoms with Gasteiger partial charge >= 0.3 is 5.97 Å². The average molecular weight is 258 g/mol. The van der Waals surface area contributed by atoms with Crippen molar-refractivity contribution in [3.8, 4) is 0 Å². The number of aliphatic carboxylic acids is 1. The molecule has 0 spiro atoms. The van der Waals surface area contributed by atoms with E-state index < -0.39 is 12.0 Å². The van der Waals surface area contributed by atoms with Crippen molar-refractivity contribution in [3.63, 3.8) is 0 Å². The van der Waals surface area contributed by atoms with Gasteiger partial charge in [0.05, 0.1) is 12.0 Å². The summed E-state index contributed by atoms with van der Waals surface area (Å²) in [6, 6.07) is 3.37. The third-order valence-corrected chi connectivity index (χ3v) is 3.35. The molecule has 0 aliphatic carbocycles. The molecule has 0 saturated carbocycles. The van der Waals surface area contributed by atoms with Crippen LogP contribution >= 0.6 is 0 Å². The van der Waals surface area contributed by atoms with Gasteiger partial charge in [0.15, 0.2) is 0 Å². The molecule has 98 valence electrons. The predicted octanol–water partition coefficient (Wildman–Crippen LogP) is 0.425. The minimum atomic E-state index is -0.817. The highest BCUT2D eigenvalue weighted by Gasteiger charge is 2.26. The molecule has 0 aromatic carbocycles. The van der Waals surface area contributed by atoms with Crippen LogP contribution in [0, 0.1) is 0 Å². The lowest BCUT2D eigenvalue weighted by Crippen LogP contribution is -2.42. The molecule has 2 N–H and O–H groups in total. The normalized spacial score (nSPS) is 18.0. The second-order valence-electron chi connectivity index (χ2n) is 4.60. The molecule has 6 nitrogen and oxygen atoms in total. The van der Waals surface area contributed by atoms with E-state index in [0.29, 0.717) is 19.5 Å². The summed E-state index contributed by atoms with van der Waals surface area (Å²) in [5.74, 6) is -0.817. The van der Waals surface area contributed by atoms with Crippen LogP contribution in [0.4, 0.5) is 0 Å². The Morgan fingerprint density at radius 2 is 2.26 bits per heavy atom. The van der Waals surface area contributed by atoms with Crippen LogP contribution < -0.4 is 5.32 Å². The average Bonchev–Trinajstić information content (AvgIpc) is 2.82. The molecular weight excluding hydrogens is 244 g/mol. The van der Waals surface area contributed by atoms with Crippen LogP contribution in [0.5, 0.6) is 0 Å². The Labute approximate surface area is 110 Å². The van der Waals surface area contributed by atoms with Gasteiger partial charge < -0.3 is 9.67 Å². The number of carboxylic acids is 1. The maximum atomic E-state index is 11.1. The van der Waals surface area contributed by atoms with Gasteiger partial charge in [0.1, 0.15) is 6.04 Å². The number of hydrogen-bond acceptors (Lipinski definition) is 4. The van der Waals surface area contributed by atoms with Gasteiger partial charge in [-0.2, -0.15) is 0 Å². The molecule has 0 saturated heterocycles. The van der Waals surface area contributed by atoms with Crippen molar-refractivity contribution in [1.82, 2.24) is 19.9 Å². The summed E-state index contributed by atoms with van der Waals surface area (Å²) >= 11 is 0. The zero-order valence-corrected chi connectivity index (χ0v) is 10.3. The standard InChI is InChI=1S/C13H14N4O2/c18-13(19)10-5-12-11(6-15-10)16-8-17(12)7-9-1-3-14-4-2-9/h1-4,8,10,15H,5-7H2,(H,18,19). The van der Waals surface area contributed by atoms with Crippen LogP contribution in [0.3, 0.4) is 0 Å². The number of rotatable bonds is 3. The lowest BCUT2D eigenvalue weighted by Gasteiger charge is -2.21.